The third-order valence-electron chi connectivity index (χ3n) is 9.07. The minimum atomic E-state index is -0.871. The Morgan fingerprint density at radius 3 is 1.74 bits per heavy atom. The van der Waals surface area contributed by atoms with E-state index in [9.17, 15) is 20.1 Å². The van der Waals surface area contributed by atoms with Crippen LogP contribution in [0.1, 0.15) is 71.9 Å². The summed E-state index contributed by atoms with van der Waals surface area (Å²) in [6.07, 6.45) is 0.541. The molecule has 5 atom stereocenters. The Hall–Kier alpha value is -4.80. The van der Waals surface area contributed by atoms with Gasteiger partial charge in [0.1, 0.15) is 0 Å². The average Bonchev–Trinajstić information content (AvgIpc) is 3.54. The van der Waals surface area contributed by atoms with Gasteiger partial charge >= 0.3 is 0 Å². The molecule has 3 aliphatic rings. The van der Waals surface area contributed by atoms with Gasteiger partial charge in [0.15, 0.2) is 11.6 Å². The zero-order valence-corrected chi connectivity index (χ0v) is 20.5. The van der Waals surface area contributed by atoms with Gasteiger partial charge in [-0.05, 0) is 52.9 Å². The number of Topliss-reactive ketones (excluding diaryl/α,β-unsaturated/α-hetero) is 2. The lowest BCUT2D eigenvalue weighted by Crippen LogP contribution is -2.38. The lowest BCUT2D eigenvalue weighted by atomic mass is 9.62. The molecule has 7 rings (SSSR count). The Balaban J connectivity index is 1.54. The Labute approximate surface area is 220 Å². The van der Waals surface area contributed by atoms with Crippen LogP contribution in [0.3, 0.4) is 0 Å². The van der Waals surface area contributed by atoms with Crippen LogP contribution in [-0.2, 0) is 6.42 Å². The molecule has 5 unspecified atom stereocenters. The molecule has 0 amide bonds. The van der Waals surface area contributed by atoms with Crippen molar-refractivity contribution in [1.29, 1.82) is 10.5 Å². The summed E-state index contributed by atoms with van der Waals surface area (Å²) < 4.78 is 0. The maximum Gasteiger partial charge on any atom is 0.170 e. The Bertz CT molecular complexity index is 1720. The normalized spacial score (nSPS) is 26.5. The number of benzene rings is 4. The van der Waals surface area contributed by atoms with Crippen LogP contribution >= 0.6 is 0 Å². The Kier molecular flexibility index (Phi) is 4.78. The molecule has 0 aromatic heterocycles. The summed E-state index contributed by atoms with van der Waals surface area (Å²) in [4.78, 5) is 28.8. The molecule has 4 heteroatoms. The molecule has 0 N–H and O–H groups in total. The molecule has 180 valence electrons. The zero-order valence-electron chi connectivity index (χ0n) is 20.5. The minimum absolute atomic E-state index is 0.0801. The van der Waals surface area contributed by atoms with Crippen LogP contribution in [0.4, 0.5) is 0 Å². The van der Waals surface area contributed by atoms with E-state index < -0.39 is 11.3 Å². The molecule has 4 aromatic carbocycles. The van der Waals surface area contributed by atoms with E-state index in [-0.39, 0.29) is 29.3 Å². The average molecular weight is 491 g/mol. The summed E-state index contributed by atoms with van der Waals surface area (Å²) in [5.74, 6) is -1.03. The first-order valence-corrected chi connectivity index (χ1v) is 12.8. The number of carbonyl (C=O) groups is 2. The number of carbonyl (C=O) groups excluding carboxylic acids is 2. The first kappa shape index (κ1) is 22.4. The number of nitrogens with zero attached hydrogens (tertiary/aromatic N) is 2. The van der Waals surface area contributed by atoms with Crippen molar-refractivity contribution >= 4 is 11.6 Å². The SMILES string of the molecule is N#Cc1ccc(C2C3C(=O)c4ccccc4C3C(c3ccc(C#N)cc3)C23Cc2ccccc2C3=O)cc1. The largest absolute Gasteiger partial charge is 0.294 e. The van der Waals surface area contributed by atoms with Crippen molar-refractivity contribution in [3.05, 3.63) is 142 Å². The summed E-state index contributed by atoms with van der Waals surface area (Å²) in [7, 11) is 0. The van der Waals surface area contributed by atoms with Gasteiger partial charge in [0, 0.05) is 34.8 Å². The molecule has 0 saturated heterocycles. The van der Waals surface area contributed by atoms with Crippen LogP contribution in [-0.4, -0.2) is 11.6 Å². The van der Waals surface area contributed by atoms with Gasteiger partial charge in [-0.15, -0.1) is 0 Å². The molecule has 1 spiro atoms. The summed E-state index contributed by atoms with van der Waals surface area (Å²) >= 11 is 0. The highest BCUT2D eigenvalue weighted by Crippen LogP contribution is 2.72. The molecule has 0 bridgehead atoms. The van der Waals surface area contributed by atoms with E-state index in [1.807, 2.05) is 84.9 Å². The van der Waals surface area contributed by atoms with Crippen molar-refractivity contribution in [2.24, 2.45) is 11.3 Å². The first-order valence-electron chi connectivity index (χ1n) is 12.8. The molecule has 38 heavy (non-hydrogen) atoms. The van der Waals surface area contributed by atoms with Crippen LogP contribution in [0.5, 0.6) is 0 Å². The maximum atomic E-state index is 14.7. The number of hydrogen-bond donors (Lipinski definition) is 0. The molecule has 0 aliphatic heterocycles. The molecule has 1 fully saturated rings. The maximum absolute atomic E-state index is 14.7. The van der Waals surface area contributed by atoms with E-state index in [0.717, 1.165) is 33.4 Å². The molecular weight excluding hydrogens is 468 g/mol. The fourth-order valence-corrected chi connectivity index (χ4v) is 7.71. The van der Waals surface area contributed by atoms with Crippen LogP contribution in [0.2, 0.25) is 0 Å². The second-order valence-electron chi connectivity index (χ2n) is 10.6. The quantitative estimate of drug-likeness (QED) is 0.329. The van der Waals surface area contributed by atoms with E-state index >= 15 is 0 Å². The van der Waals surface area contributed by atoms with Crippen molar-refractivity contribution in [2.45, 2.75) is 24.2 Å². The lowest BCUT2D eigenvalue weighted by Gasteiger charge is -2.38. The van der Waals surface area contributed by atoms with Gasteiger partial charge in [-0.2, -0.15) is 10.5 Å². The highest BCUT2D eigenvalue weighted by Gasteiger charge is 2.70. The summed E-state index contributed by atoms with van der Waals surface area (Å²) in [6.45, 7) is 0. The molecule has 4 aromatic rings. The Morgan fingerprint density at radius 2 is 1.16 bits per heavy atom. The fraction of sp³-hybridized carbons (Fsp3) is 0.176. The third kappa shape index (κ3) is 2.83. The monoisotopic (exact) mass is 490 g/mol. The standard InChI is InChI=1S/C34H22N2O2/c35-18-20-9-13-22(14-10-20)30-28-26-7-3-4-8-27(26)32(37)29(28)31(23-15-11-21(19-36)12-16-23)34(30)17-24-5-1-2-6-25(24)33(34)38/h1-16,28-31H,17H2. The second-order valence-corrected chi connectivity index (χ2v) is 10.6. The molecule has 3 aliphatic carbocycles. The highest BCUT2D eigenvalue weighted by molar-refractivity contribution is 6.10. The fourth-order valence-electron chi connectivity index (χ4n) is 7.71. The van der Waals surface area contributed by atoms with Gasteiger partial charge in [-0.3, -0.25) is 9.59 Å². The Morgan fingerprint density at radius 1 is 0.632 bits per heavy atom. The smallest absolute Gasteiger partial charge is 0.170 e. The predicted molar refractivity (Wildman–Crippen MR) is 142 cm³/mol. The van der Waals surface area contributed by atoms with E-state index in [4.69, 9.17) is 0 Å². The van der Waals surface area contributed by atoms with Crippen LogP contribution < -0.4 is 0 Å². The molecule has 0 heterocycles. The predicted octanol–water partition coefficient (Wildman–Crippen LogP) is 6.33. The number of nitriles is 2. The number of rotatable bonds is 2. The van der Waals surface area contributed by atoms with Crippen molar-refractivity contribution in [2.75, 3.05) is 0 Å². The van der Waals surface area contributed by atoms with Crippen LogP contribution in [0.25, 0.3) is 0 Å². The van der Waals surface area contributed by atoms with Gasteiger partial charge < -0.3 is 0 Å². The van der Waals surface area contributed by atoms with E-state index in [2.05, 4.69) is 12.1 Å². The molecule has 4 nitrogen and oxygen atoms in total. The van der Waals surface area contributed by atoms with Gasteiger partial charge in [0.2, 0.25) is 0 Å². The first-order chi connectivity index (χ1) is 18.6. The van der Waals surface area contributed by atoms with Crippen LogP contribution in [0, 0.1) is 34.0 Å². The molecular formula is C34H22N2O2. The topological polar surface area (TPSA) is 81.7 Å². The minimum Gasteiger partial charge on any atom is -0.294 e. The van der Waals surface area contributed by atoms with Gasteiger partial charge in [-0.1, -0.05) is 72.8 Å². The molecule has 0 radical (unpaired) electrons. The zero-order chi connectivity index (χ0) is 26.0. The van der Waals surface area contributed by atoms with Crippen molar-refractivity contribution < 1.29 is 9.59 Å². The highest BCUT2D eigenvalue weighted by atomic mass is 16.1. The molecule has 1 saturated carbocycles. The summed E-state index contributed by atoms with van der Waals surface area (Å²) in [5, 5.41) is 18.9. The van der Waals surface area contributed by atoms with E-state index in [0.29, 0.717) is 17.5 Å². The number of fused-ring (bicyclic) bond motifs is 4. The summed E-state index contributed by atoms with van der Waals surface area (Å²) in [6, 6.07) is 35.0. The lowest BCUT2D eigenvalue weighted by molar-refractivity contribution is 0.0745. The van der Waals surface area contributed by atoms with Crippen molar-refractivity contribution in [3.8, 4) is 12.1 Å². The van der Waals surface area contributed by atoms with Gasteiger partial charge in [0.25, 0.3) is 0 Å². The van der Waals surface area contributed by atoms with Gasteiger partial charge in [-0.25, -0.2) is 0 Å². The van der Waals surface area contributed by atoms with E-state index in [1.165, 1.54) is 0 Å². The number of ketones is 2. The van der Waals surface area contributed by atoms with Crippen molar-refractivity contribution in [1.82, 2.24) is 0 Å². The summed E-state index contributed by atoms with van der Waals surface area (Å²) in [5.41, 5.74) is 5.59. The van der Waals surface area contributed by atoms with E-state index in [1.54, 1.807) is 12.1 Å². The van der Waals surface area contributed by atoms with Crippen molar-refractivity contribution in [3.63, 3.8) is 0 Å². The second kappa shape index (κ2) is 8.10. The van der Waals surface area contributed by atoms with Crippen LogP contribution in [0.15, 0.2) is 97.1 Å². The third-order valence-corrected chi connectivity index (χ3v) is 9.07. The number of hydrogen-bond acceptors (Lipinski definition) is 4. The van der Waals surface area contributed by atoms with Gasteiger partial charge in [0.05, 0.1) is 28.7 Å².